The molecule has 4 rings (SSSR count). The summed E-state index contributed by atoms with van der Waals surface area (Å²) in [7, 11) is 1.39. The van der Waals surface area contributed by atoms with Gasteiger partial charge >= 0.3 is 11.9 Å². The first-order valence-corrected chi connectivity index (χ1v) is 14.5. The van der Waals surface area contributed by atoms with Gasteiger partial charge in [-0.05, 0) is 56.9 Å². The number of nitro benzene ring substituents is 1. The Labute approximate surface area is 256 Å². The number of nitrogens with one attached hydrogen (secondary N) is 1. The summed E-state index contributed by atoms with van der Waals surface area (Å²) < 4.78 is 33.0. The number of allylic oxidation sites excluding steroid dienone is 2. The molecule has 236 valence electrons. The number of benzene rings is 2. The number of nitrogens with zero attached hydrogens (tertiary/aromatic N) is 1. The van der Waals surface area contributed by atoms with Crippen molar-refractivity contribution in [3.05, 3.63) is 92.3 Å². The molecule has 3 unspecified atom stereocenters. The molecule has 3 atom stereocenters. The van der Waals surface area contributed by atoms with Gasteiger partial charge in [0.05, 0.1) is 28.6 Å². The Morgan fingerprint density at radius 1 is 1.05 bits per heavy atom. The van der Waals surface area contributed by atoms with Crippen LogP contribution in [0.4, 0.5) is 5.69 Å². The van der Waals surface area contributed by atoms with Gasteiger partial charge in [0.1, 0.15) is 19.0 Å². The summed E-state index contributed by atoms with van der Waals surface area (Å²) in [5, 5.41) is 14.6. The number of non-ortho nitro benzene ring substituents is 1. The number of ether oxygens (including phenoxy) is 6. The molecule has 0 spiro atoms. The van der Waals surface area contributed by atoms with Crippen LogP contribution in [0.2, 0.25) is 0 Å². The van der Waals surface area contributed by atoms with Crippen LogP contribution in [0.1, 0.15) is 50.7 Å². The lowest BCUT2D eigenvalue weighted by atomic mass is 9.80. The van der Waals surface area contributed by atoms with Crippen LogP contribution < -0.4 is 10.1 Å². The predicted octanol–water partition coefficient (Wildman–Crippen LogP) is 4.68. The quantitative estimate of drug-likeness (QED) is 0.105. The van der Waals surface area contributed by atoms with Crippen molar-refractivity contribution in [3.8, 4) is 5.75 Å². The molecule has 0 radical (unpaired) electrons. The van der Waals surface area contributed by atoms with E-state index in [2.05, 4.69) is 5.32 Å². The van der Waals surface area contributed by atoms with Crippen LogP contribution in [-0.2, 0) is 39.7 Å². The summed E-state index contributed by atoms with van der Waals surface area (Å²) in [5.74, 6) is -1.80. The van der Waals surface area contributed by atoms with Gasteiger partial charge in [-0.15, -0.1) is 0 Å². The number of methoxy groups -OCH3 is 1. The Bertz CT molecular complexity index is 1400. The molecule has 2 aliphatic heterocycles. The number of hydrogen-bond acceptors (Lipinski definition) is 11. The fraction of sp³-hybridized carbons (Fsp3) is 0.438. The highest BCUT2D eigenvalue weighted by Gasteiger charge is 2.39. The molecule has 2 heterocycles. The maximum atomic E-state index is 13.5. The van der Waals surface area contributed by atoms with Gasteiger partial charge < -0.3 is 33.7 Å². The number of hydrogen-bond donors (Lipinski definition) is 1. The molecule has 12 heteroatoms. The van der Waals surface area contributed by atoms with Crippen molar-refractivity contribution >= 4 is 17.6 Å². The lowest BCUT2D eigenvalue weighted by molar-refractivity contribution is -0.384. The zero-order valence-corrected chi connectivity index (χ0v) is 25.3. The number of rotatable bonds is 14. The Kier molecular flexibility index (Phi) is 11.5. The van der Waals surface area contributed by atoms with Crippen LogP contribution in [0.5, 0.6) is 5.75 Å². The maximum Gasteiger partial charge on any atom is 0.339 e. The highest BCUT2D eigenvalue weighted by Crippen LogP contribution is 2.40. The van der Waals surface area contributed by atoms with Gasteiger partial charge in [0.2, 0.25) is 0 Å². The lowest BCUT2D eigenvalue weighted by Gasteiger charge is -2.30. The van der Waals surface area contributed by atoms with Gasteiger partial charge in [-0.3, -0.25) is 10.1 Å². The number of carbonyl (C=O) groups excluding carboxylic acids is 2. The first-order chi connectivity index (χ1) is 21.2. The number of nitro groups is 1. The van der Waals surface area contributed by atoms with Crippen LogP contribution >= 0.6 is 0 Å². The molecule has 2 aromatic carbocycles. The second kappa shape index (κ2) is 15.5. The second-order valence-electron chi connectivity index (χ2n) is 10.4. The normalized spacial score (nSPS) is 18.9. The molecule has 2 aliphatic rings. The van der Waals surface area contributed by atoms with Crippen molar-refractivity contribution < 1.29 is 42.9 Å². The van der Waals surface area contributed by atoms with E-state index in [1.54, 1.807) is 26.8 Å². The Balaban J connectivity index is 1.41. The van der Waals surface area contributed by atoms with Gasteiger partial charge in [0.15, 0.2) is 12.6 Å². The smallest absolute Gasteiger partial charge is 0.339 e. The molecule has 0 bridgehead atoms. The van der Waals surface area contributed by atoms with Crippen molar-refractivity contribution in [1.29, 1.82) is 0 Å². The van der Waals surface area contributed by atoms with Gasteiger partial charge in [-0.2, -0.15) is 0 Å². The molecule has 0 aliphatic carbocycles. The molecular formula is C32H38N2O10. The van der Waals surface area contributed by atoms with E-state index in [0.717, 1.165) is 31.4 Å². The molecular weight excluding hydrogens is 572 g/mol. The van der Waals surface area contributed by atoms with Crippen LogP contribution in [0.3, 0.4) is 0 Å². The molecule has 12 nitrogen and oxygen atoms in total. The van der Waals surface area contributed by atoms with E-state index < -0.39 is 29.1 Å². The summed E-state index contributed by atoms with van der Waals surface area (Å²) in [6.07, 6.45) is 1.74. The van der Waals surface area contributed by atoms with Crippen LogP contribution in [0.15, 0.2) is 71.1 Å². The minimum atomic E-state index is -0.988. The maximum absolute atomic E-state index is 13.5. The Hall–Kier alpha value is -4.26. The first-order valence-electron chi connectivity index (χ1n) is 14.5. The highest BCUT2D eigenvalue weighted by atomic mass is 16.7. The monoisotopic (exact) mass is 610 g/mol. The number of dihydropyridines is 1. The summed E-state index contributed by atoms with van der Waals surface area (Å²) >= 11 is 0. The summed E-state index contributed by atoms with van der Waals surface area (Å²) in [4.78, 5) is 37.8. The van der Waals surface area contributed by atoms with E-state index in [-0.39, 0.29) is 36.3 Å². The van der Waals surface area contributed by atoms with Crippen molar-refractivity contribution in [2.24, 2.45) is 0 Å². The first kappa shape index (κ1) is 32.6. The lowest BCUT2D eigenvalue weighted by Crippen LogP contribution is -2.34. The summed E-state index contributed by atoms with van der Waals surface area (Å²) in [6, 6.07) is 13.4. The Morgan fingerprint density at radius 2 is 1.77 bits per heavy atom. The number of esters is 2. The molecule has 0 amide bonds. The minimum absolute atomic E-state index is 0.0720. The van der Waals surface area contributed by atoms with Gasteiger partial charge in [0.25, 0.3) is 5.69 Å². The predicted molar refractivity (Wildman–Crippen MR) is 158 cm³/mol. The summed E-state index contributed by atoms with van der Waals surface area (Å²) in [5.41, 5.74) is 2.40. The molecule has 1 N–H and O–H groups in total. The van der Waals surface area contributed by atoms with E-state index in [1.807, 2.05) is 24.3 Å². The van der Waals surface area contributed by atoms with Crippen LogP contribution in [-0.4, -0.2) is 63.0 Å². The highest BCUT2D eigenvalue weighted by molar-refractivity contribution is 6.00. The van der Waals surface area contributed by atoms with E-state index in [4.69, 9.17) is 28.4 Å². The average Bonchev–Trinajstić information content (AvgIpc) is 3.53. The van der Waals surface area contributed by atoms with Gasteiger partial charge in [-0.1, -0.05) is 24.3 Å². The molecule has 1 fully saturated rings. The molecule has 0 saturated carbocycles. The molecule has 1 saturated heterocycles. The van der Waals surface area contributed by atoms with E-state index >= 15 is 0 Å². The van der Waals surface area contributed by atoms with Gasteiger partial charge in [-0.25, -0.2) is 9.59 Å². The second-order valence-corrected chi connectivity index (χ2v) is 10.4. The average molecular weight is 611 g/mol. The van der Waals surface area contributed by atoms with Crippen LogP contribution in [0, 0.1) is 10.1 Å². The van der Waals surface area contributed by atoms with Crippen molar-refractivity contribution in [2.75, 3.05) is 33.5 Å². The zero-order valence-electron chi connectivity index (χ0n) is 25.3. The van der Waals surface area contributed by atoms with E-state index in [1.165, 1.54) is 25.3 Å². The molecule has 44 heavy (non-hydrogen) atoms. The summed E-state index contributed by atoms with van der Waals surface area (Å²) in [6.45, 7) is 6.23. The fourth-order valence-electron chi connectivity index (χ4n) is 5.06. The SMILES string of the molecule is COC(C)OC(=O)C1=C(C)NC(C)=C(C(=O)OCCOc2ccc(CCOC3CCCO3)cc2)C1c1cccc([N+](=O)[O-])c1. The van der Waals surface area contributed by atoms with Crippen LogP contribution in [0.25, 0.3) is 0 Å². The Morgan fingerprint density at radius 3 is 2.43 bits per heavy atom. The molecule has 0 aromatic heterocycles. The standard InChI is InChI=1S/C32H38N2O10/c1-20-28(31(35)43-18-17-40-26-12-10-23(11-13-26)14-16-42-27-9-6-15-41-27)30(24-7-5-8-25(19-24)34(37)38)29(21(2)33-20)32(36)44-22(3)39-4/h5,7-8,10-13,19,22,27,30,33H,6,9,14-18H2,1-4H3. The number of carbonyl (C=O) groups is 2. The topological polar surface area (TPSA) is 145 Å². The van der Waals surface area contributed by atoms with E-state index in [0.29, 0.717) is 29.3 Å². The minimum Gasteiger partial charge on any atom is -0.490 e. The third-order valence-electron chi connectivity index (χ3n) is 7.31. The fourth-order valence-corrected chi connectivity index (χ4v) is 5.06. The largest absolute Gasteiger partial charge is 0.490 e. The zero-order chi connectivity index (χ0) is 31.6. The molecule has 2 aromatic rings. The third-order valence-corrected chi connectivity index (χ3v) is 7.31. The van der Waals surface area contributed by atoms with Crippen molar-refractivity contribution in [3.63, 3.8) is 0 Å². The van der Waals surface area contributed by atoms with Crippen molar-refractivity contribution in [1.82, 2.24) is 5.32 Å². The van der Waals surface area contributed by atoms with Gasteiger partial charge in [0, 0.05) is 43.7 Å². The van der Waals surface area contributed by atoms with Crippen molar-refractivity contribution in [2.45, 2.75) is 58.5 Å². The van der Waals surface area contributed by atoms with E-state index in [9.17, 15) is 19.7 Å². The third kappa shape index (κ3) is 8.43.